The molecule has 1 aliphatic rings. The van der Waals surface area contributed by atoms with E-state index in [-0.39, 0.29) is 5.91 Å². The fourth-order valence-electron chi connectivity index (χ4n) is 2.81. The maximum atomic E-state index is 12.7. The number of nitrogens with one attached hydrogen (secondary N) is 1. The summed E-state index contributed by atoms with van der Waals surface area (Å²) >= 11 is 7.77. The van der Waals surface area contributed by atoms with Crippen LogP contribution in [-0.2, 0) is 13.0 Å². The maximum absolute atomic E-state index is 12.7. The second-order valence-corrected chi connectivity index (χ2v) is 6.70. The zero-order valence-corrected chi connectivity index (χ0v) is 12.8. The molecule has 1 N–H and O–H groups in total. The molecule has 0 unspecified atom stereocenters. The Kier molecular flexibility index (Phi) is 3.01. The smallest absolute Gasteiger partial charge is 0.270 e. The molecular weight excluding hydrogens is 304 g/mol. The van der Waals surface area contributed by atoms with Gasteiger partial charge in [-0.1, -0.05) is 11.6 Å². The molecule has 1 aromatic carbocycles. The molecule has 0 atom stereocenters. The lowest BCUT2D eigenvalue weighted by atomic mass is 10.1. The van der Waals surface area contributed by atoms with Gasteiger partial charge in [0.1, 0.15) is 5.69 Å². The van der Waals surface area contributed by atoms with E-state index in [0.717, 1.165) is 23.9 Å². The zero-order chi connectivity index (χ0) is 14.4. The lowest BCUT2D eigenvalue weighted by molar-refractivity contribution is 0.0731. The molecule has 0 spiro atoms. The Balaban J connectivity index is 1.64. The highest BCUT2D eigenvalue weighted by Gasteiger charge is 2.23. The first-order valence-corrected chi connectivity index (χ1v) is 8.09. The molecule has 106 valence electrons. The first-order valence-electron chi connectivity index (χ1n) is 6.83. The number of thiophene rings is 1. The van der Waals surface area contributed by atoms with Crippen molar-refractivity contribution in [3.05, 3.63) is 56.9 Å². The standard InChI is InChI=1S/C16H13ClN2OS/c17-12-1-2-13-11(7-12)8-14(18-13)16(20)19-5-3-15-10(9-19)4-6-21-15/h1-2,4,6-8,18H,3,5,9H2. The molecule has 0 saturated carbocycles. The minimum atomic E-state index is 0.0548. The van der Waals surface area contributed by atoms with E-state index >= 15 is 0 Å². The Morgan fingerprint density at radius 1 is 1.29 bits per heavy atom. The third kappa shape index (κ3) is 2.24. The van der Waals surface area contributed by atoms with Crippen LogP contribution in [0.4, 0.5) is 0 Å². The van der Waals surface area contributed by atoms with E-state index in [1.807, 2.05) is 29.2 Å². The predicted molar refractivity (Wildman–Crippen MR) is 86.1 cm³/mol. The van der Waals surface area contributed by atoms with Gasteiger partial charge in [-0.2, -0.15) is 0 Å². The Hall–Kier alpha value is -1.78. The lowest BCUT2D eigenvalue weighted by Crippen LogP contribution is -2.35. The van der Waals surface area contributed by atoms with Gasteiger partial charge in [0.2, 0.25) is 0 Å². The molecule has 0 aliphatic carbocycles. The first-order chi connectivity index (χ1) is 10.2. The molecule has 2 aromatic heterocycles. The molecule has 21 heavy (non-hydrogen) atoms. The molecule has 3 heterocycles. The van der Waals surface area contributed by atoms with Gasteiger partial charge in [-0.05, 0) is 47.7 Å². The number of carbonyl (C=O) groups is 1. The lowest BCUT2D eigenvalue weighted by Gasteiger charge is -2.26. The molecule has 0 bridgehead atoms. The van der Waals surface area contributed by atoms with E-state index in [2.05, 4.69) is 16.4 Å². The average Bonchev–Trinajstić information content (AvgIpc) is 3.11. The summed E-state index contributed by atoms with van der Waals surface area (Å²) in [5.41, 5.74) is 2.85. The van der Waals surface area contributed by atoms with E-state index in [1.165, 1.54) is 10.4 Å². The summed E-state index contributed by atoms with van der Waals surface area (Å²) in [4.78, 5) is 19.2. The largest absolute Gasteiger partial charge is 0.351 e. The van der Waals surface area contributed by atoms with Crippen LogP contribution in [0.5, 0.6) is 0 Å². The van der Waals surface area contributed by atoms with Crippen molar-refractivity contribution in [1.29, 1.82) is 0 Å². The summed E-state index contributed by atoms with van der Waals surface area (Å²) in [7, 11) is 0. The fraction of sp³-hybridized carbons (Fsp3) is 0.188. The van der Waals surface area contributed by atoms with Gasteiger partial charge >= 0.3 is 0 Å². The molecule has 1 amide bonds. The molecule has 0 radical (unpaired) electrons. The van der Waals surface area contributed by atoms with E-state index in [0.29, 0.717) is 17.3 Å². The van der Waals surface area contributed by atoms with Crippen molar-refractivity contribution in [3.8, 4) is 0 Å². The predicted octanol–water partition coefficient (Wildman–Crippen LogP) is 4.08. The summed E-state index contributed by atoms with van der Waals surface area (Å²) in [6, 6.07) is 9.60. The topological polar surface area (TPSA) is 36.1 Å². The van der Waals surface area contributed by atoms with Crippen LogP contribution in [-0.4, -0.2) is 22.3 Å². The van der Waals surface area contributed by atoms with Crippen molar-refractivity contribution < 1.29 is 4.79 Å². The normalized spacial score (nSPS) is 14.4. The van der Waals surface area contributed by atoms with Crippen molar-refractivity contribution in [2.24, 2.45) is 0 Å². The van der Waals surface area contributed by atoms with Crippen molar-refractivity contribution in [1.82, 2.24) is 9.88 Å². The molecule has 0 fully saturated rings. The van der Waals surface area contributed by atoms with Crippen LogP contribution >= 0.6 is 22.9 Å². The summed E-state index contributed by atoms with van der Waals surface area (Å²) in [5.74, 6) is 0.0548. The molecule has 3 aromatic rings. The minimum absolute atomic E-state index is 0.0548. The number of hydrogen-bond acceptors (Lipinski definition) is 2. The van der Waals surface area contributed by atoms with E-state index in [1.54, 1.807) is 11.3 Å². The van der Waals surface area contributed by atoms with E-state index in [4.69, 9.17) is 11.6 Å². The number of aromatic nitrogens is 1. The zero-order valence-electron chi connectivity index (χ0n) is 11.2. The highest BCUT2D eigenvalue weighted by Crippen LogP contribution is 2.26. The Morgan fingerprint density at radius 3 is 3.10 bits per heavy atom. The Bertz CT molecular complexity index is 836. The molecular formula is C16H13ClN2OS. The maximum Gasteiger partial charge on any atom is 0.270 e. The van der Waals surface area contributed by atoms with Crippen LogP contribution in [0, 0.1) is 0 Å². The number of rotatable bonds is 1. The van der Waals surface area contributed by atoms with Crippen LogP contribution in [0.15, 0.2) is 35.7 Å². The average molecular weight is 317 g/mol. The number of H-pyrrole nitrogens is 1. The van der Waals surface area contributed by atoms with Crippen molar-refractivity contribution in [2.75, 3.05) is 6.54 Å². The van der Waals surface area contributed by atoms with Crippen LogP contribution in [0.1, 0.15) is 20.9 Å². The summed E-state index contributed by atoms with van der Waals surface area (Å²) < 4.78 is 0. The highest BCUT2D eigenvalue weighted by molar-refractivity contribution is 7.10. The van der Waals surface area contributed by atoms with Gasteiger partial charge < -0.3 is 9.88 Å². The second kappa shape index (κ2) is 4.90. The number of nitrogens with zero attached hydrogens (tertiary/aromatic N) is 1. The summed E-state index contributed by atoms with van der Waals surface area (Å²) in [5, 5.41) is 3.75. The number of halogens is 1. The van der Waals surface area contributed by atoms with E-state index in [9.17, 15) is 4.79 Å². The summed E-state index contributed by atoms with van der Waals surface area (Å²) in [6.45, 7) is 1.48. The number of amides is 1. The summed E-state index contributed by atoms with van der Waals surface area (Å²) in [6.07, 6.45) is 0.949. The first kappa shape index (κ1) is 12.9. The molecule has 5 heteroatoms. The quantitative estimate of drug-likeness (QED) is 0.721. The number of fused-ring (bicyclic) bond motifs is 2. The fourth-order valence-corrected chi connectivity index (χ4v) is 3.88. The minimum Gasteiger partial charge on any atom is -0.351 e. The third-order valence-corrected chi connectivity index (χ3v) is 5.17. The van der Waals surface area contributed by atoms with Gasteiger partial charge in [-0.15, -0.1) is 11.3 Å². The molecule has 1 aliphatic heterocycles. The van der Waals surface area contributed by atoms with Gasteiger partial charge in [0.05, 0.1) is 0 Å². The number of hydrogen-bond donors (Lipinski definition) is 1. The van der Waals surface area contributed by atoms with Crippen LogP contribution < -0.4 is 0 Å². The highest BCUT2D eigenvalue weighted by atomic mass is 35.5. The Labute approximate surface area is 131 Å². The van der Waals surface area contributed by atoms with Crippen LogP contribution in [0.25, 0.3) is 10.9 Å². The monoisotopic (exact) mass is 316 g/mol. The number of carbonyl (C=O) groups excluding carboxylic acids is 1. The number of aromatic amines is 1. The van der Waals surface area contributed by atoms with Crippen molar-refractivity contribution >= 4 is 39.7 Å². The van der Waals surface area contributed by atoms with Gasteiger partial charge in [-0.25, -0.2) is 0 Å². The molecule has 4 rings (SSSR count). The molecule has 0 saturated heterocycles. The molecule has 3 nitrogen and oxygen atoms in total. The number of benzene rings is 1. The van der Waals surface area contributed by atoms with Gasteiger partial charge in [0.25, 0.3) is 5.91 Å². The van der Waals surface area contributed by atoms with Crippen LogP contribution in [0.2, 0.25) is 5.02 Å². The van der Waals surface area contributed by atoms with Crippen LogP contribution in [0.3, 0.4) is 0 Å². The third-order valence-electron chi connectivity index (χ3n) is 3.91. The van der Waals surface area contributed by atoms with Crippen molar-refractivity contribution in [2.45, 2.75) is 13.0 Å². The van der Waals surface area contributed by atoms with Crippen molar-refractivity contribution in [3.63, 3.8) is 0 Å². The van der Waals surface area contributed by atoms with E-state index < -0.39 is 0 Å². The SMILES string of the molecule is O=C(c1cc2cc(Cl)ccc2[nH]1)N1CCc2sccc2C1. The van der Waals surface area contributed by atoms with Gasteiger partial charge in [-0.3, -0.25) is 4.79 Å². The van der Waals surface area contributed by atoms with Gasteiger partial charge in [0, 0.05) is 33.9 Å². The van der Waals surface area contributed by atoms with Gasteiger partial charge in [0.15, 0.2) is 0 Å². The second-order valence-electron chi connectivity index (χ2n) is 5.26. The Morgan fingerprint density at radius 2 is 2.19 bits per heavy atom.